The summed E-state index contributed by atoms with van der Waals surface area (Å²) in [4.78, 5) is 39.3. The van der Waals surface area contributed by atoms with Crippen LogP contribution in [-0.2, 0) is 30.8 Å². The Balaban J connectivity index is 1.51. The predicted molar refractivity (Wildman–Crippen MR) is 116 cm³/mol. The summed E-state index contributed by atoms with van der Waals surface area (Å²) < 4.78 is 24.6. The number of sulfonamides is 1. The zero-order valence-corrected chi connectivity index (χ0v) is 17.9. The van der Waals surface area contributed by atoms with Crippen molar-refractivity contribution in [2.24, 2.45) is 0 Å². The van der Waals surface area contributed by atoms with E-state index in [9.17, 15) is 22.8 Å². The molecular formula is C21H24N4O5S. The molecule has 3 N–H and O–H groups in total. The molecule has 0 unspecified atom stereocenters. The zero-order chi connectivity index (χ0) is 22.4. The summed E-state index contributed by atoms with van der Waals surface area (Å²) in [6, 6.07) is 13.2. The highest BCUT2D eigenvalue weighted by atomic mass is 32.2. The van der Waals surface area contributed by atoms with Gasteiger partial charge in [-0.1, -0.05) is 18.2 Å². The molecular weight excluding hydrogens is 420 g/mol. The number of amides is 3. The molecule has 164 valence electrons. The van der Waals surface area contributed by atoms with E-state index in [1.54, 1.807) is 4.90 Å². The third-order valence-corrected chi connectivity index (χ3v) is 6.05. The Morgan fingerprint density at radius 1 is 1.00 bits per heavy atom. The van der Waals surface area contributed by atoms with Gasteiger partial charge in [-0.25, -0.2) is 8.42 Å². The standard InChI is InChI=1S/C21H24N4O5S/c1-15(26)22-17-8-10-18(11-9-17)31(29,30)24-23-20(27)12-13-21(28)25-14-4-6-16-5-2-3-7-19(16)25/h2-3,5,7-11,24H,4,6,12-14H2,1H3,(H,22,26)(H,23,27). The number of rotatable bonds is 7. The largest absolute Gasteiger partial charge is 0.326 e. The zero-order valence-electron chi connectivity index (χ0n) is 17.1. The smallest absolute Gasteiger partial charge is 0.257 e. The lowest BCUT2D eigenvalue weighted by Crippen LogP contribution is -2.42. The Hall–Kier alpha value is -3.24. The maximum atomic E-state index is 12.6. The number of hydrazine groups is 1. The minimum atomic E-state index is -3.99. The van der Waals surface area contributed by atoms with E-state index in [1.807, 2.05) is 29.1 Å². The lowest BCUT2D eigenvalue weighted by atomic mass is 10.0. The van der Waals surface area contributed by atoms with Gasteiger partial charge in [0, 0.05) is 37.7 Å². The summed E-state index contributed by atoms with van der Waals surface area (Å²) in [6.45, 7) is 1.94. The number of aryl methyl sites for hydroxylation is 1. The predicted octanol–water partition coefficient (Wildman–Crippen LogP) is 1.71. The molecule has 0 atom stereocenters. The summed E-state index contributed by atoms with van der Waals surface area (Å²) in [5.41, 5.74) is 4.54. The fraction of sp³-hybridized carbons (Fsp3) is 0.286. The molecule has 1 heterocycles. The van der Waals surface area contributed by atoms with Crippen LogP contribution in [0.15, 0.2) is 53.4 Å². The fourth-order valence-electron chi connectivity index (χ4n) is 3.31. The van der Waals surface area contributed by atoms with E-state index in [2.05, 4.69) is 10.7 Å². The van der Waals surface area contributed by atoms with Crippen molar-refractivity contribution in [3.05, 3.63) is 54.1 Å². The Morgan fingerprint density at radius 3 is 2.42 bits per heavy atom. The third-order valence-electron chi connectivity index (χ3n) is 4.79. The Labute approximate surface area is 180 Å². The second-order valence-corrected chi connectivity index (χ2v) is 8.82. The summed E-state index contributed by atoms with van der Waals surface area (Å²) in [6.07, 6.45) is 1.58. The summed E-state index contributed by atoms with van der Waals surface area (Å²) in [7, 11) is -3.99. The Kier molecular flexibility index (Phi) is 7.03. The molecule has 31 heavy (non-hydrogen) atoms. The second kappa shape index (κ2) is 9.71. The van der Waals surface area contributed by atoms with Crippen molar-refractivity contribution in [2.75, 3.05) is 16.8 Å². The monoisotopic (exact) mass is 444 g/mol. The molecule has 1 aliphatic rings. The van der Waals surface area contributed by atoms with E-state index in [0.29, 0.717) is 12.2 Å². The van der Waals surface area contributed by atoms with Gasteiger partial charge in [-0.05, 0) is 48.7 Å². The molecule has 0 radical (unpaired) electrons. The number of hydrogen-bond donors (Lipinski definition) is 3. The van der Waals surface area contributed by atoms with Crippen molar-refractivity contribution in [1.29, 1.82) is 0 Å². The first-order valence-electron chi connectivity index (χ1n) is 9.83. The summed E-state index contributed by atoms with van der Waals surface area (Å²) >= 11 is 0. The number of nitrogens with zero attached hydrogens (tertiary/aromatic N) is 1. The molecule has 3 rings (SSSR count). The maximum absolute atomic E-state index is 12.6. The lowest BCUT2D eigenvalue weighted by Gasteiger charge is -2.29. The van der Waals surface area contributed by atoms with Crippen molar-refractivity contribution >= 4 is 39.1 Å². The number of hydrogen-bond acceptors (Lipinski definition) is 5. The van der Waals surface area contributed by atoms with Gasteiger partial charge < -0.3 is 10.2 Å². The van der Waals surface area contributed by atoms with Gasteiger partial charge in [0.2, 0.25) is 17.7 Å². The van der Waals surface area contributed by atoms with Gasteiger partial charge in [-0.3, -0.25) is 19.8 Å². The van der Waals surface area contributed by atoms with E-state index >= 15 is 0 Å². The average Bonchev–Trinajstić information content (AvgIpc) is 2.75. The topological polar surface area (TPSA) is 125 Å². The van der Waals surface area contributed by atoms with Crippen LogP contribution in [0.5, 0.6) is 0 Å². The number of para-hydroxylation sites is 1. The first kappa shape index (κ1) is 22.4. The van der Waals surface area contributed by atoms with E-state index in [-0.39, 0.29) is 29.6 Å². The molecule has 10 heteroatoms. The minimum Gasteiger partial charge on any atom is -0.326 e. The Morgan fingerprint density at radius 2 is 1.71 bits per heavy atom. The van der Waals surface area contributed by atoms with Crippen LogP contribution in [0.3, 0.4) is 0 Å². The van der Waals surface area contributed by atoms with Gasteiger partial charge in [-0.2, -0.15) is 0 Å². The van der Waals surface area contributed by atoms with Gasteiger partial charge in [-0.15, -0.1) is 4.83 Å². The van der Waals surface area contributed by atoms with Crippen molar-refractivity contribution in [2.45, 2.75) is 37.5 Å². The van der Waals surface area contributed by atoms with E-state index in [1.165, 1.54) is 31.2 Å². The SMILES string of the molecule is CC(=O)Nc1ccc(S(=O)(=O)NNC(=O)CCC(=O)N2CCCc3ccccc32)cc1. The highest BCUT2D eigenvalue weighted by Crippen LogP contribution is 2.27. The van der Waals surface area contributed by atoms with E-state index in [0.717, 1.165) is 24.1 Å². The molecule has 9 nitrogen and oxygen atoms in total. The molecule has 2 aromatic rings. The van der Waals surface area contributed by atoms with Gasteiger partial charge in [0.05, 0.1) is 4.90 Å². The molecule has 0 aromatic heterocycles. The van der Waals surface area contributed by atoms with Crippen molar-refractivity contribution in [3.63, 3.8) is 0 Å². The number of anilines is 2. The van der Waals surface area contributed by atoms with Crippen LogP contribution < -0.4 is 20.5 Å². The molecule has 3 amide bonds. The first-order valence-corrected chi connectivity index (χ1v) is 11.3. The van der Waals surface area contributed by atoms with Crippen LogP contribution in [0.25, 0.3) is 0 Å². The average molecular weight is 445 g/mol. The van der Waals surface area contributed by atoms with Crippen molar-refractivity contribution < 1.29 is 22.8 Å². The first-order chi connectivity index (χ1) is 14.8. The van der Waals surface area contributed by atoms with Crippen LogP contribution in [0.4, 0.5) is 11.4 Å². The fourth-order valence-corrected chi connectivity index (χ4v) is 4.17. The number of nitrogens with one attached hydrogen (secondary N) is 3. The second-order valence-electron chi connectivity index (χ2n) is 7.14. The lowest BCUT2D eigenvalue weighted by molar-refractivity contribution is -0.125. The number of carbonyl (C=O) groups excluding carboxylic acids is 3. The van der Waals surface area contributed by atoms with Crippen LogP contribution in [0.2, 0.25) is 0 Å². The van der Waals surface area contributed by atoms with Crippen LogP contribution in [0, 0.1) is 0 Å². The van der Waals surface area contributed by atoms with Crippen LogP contribution >= 0.6 is 0 Å². The van der Waals surface area contributed by atoms with Crippen molar-refractivity contribution in [3.8, 4) is 0 Å². The molecule has 0 aliphatic carbocycles. The highest BCUT2D eigenvalue weighted by Gasteiger charge is 2.23. The molecule has 0 fully saturated rings. The van der Waals surface area contributed by atoms with Gasteiger partial charge in [0.25, 0.3) is 10.0 Å². The number of benzene rings is 2. The van der Waals surface area contributed by atoms with Crippen LogP contribution in [-0.4, -0.2) is 32.7 Å². The normalized spacial score (nSPS) is 13.3. The molecule has 0 saturated carbocycles. The van der Waals surface area contributed by atoms with Crippen LogP contribution in [0.1, 0.15) is 31.7 Å². The molecule has 0 bridgehead atoms. The Bertz CT molecular complexity index is 1080. The third kappa shape index (κ3) is 5.89. The molecule has 0 saturated heterocycles. The van der Waals surface area contributed by atoms with E-state index < -0.39 is 15.9 Å². The summed E-state index contributed by atoms with van der Waals surface area (Å²) in [5, 5.41) is 2.53. The minimum absolute atomic E-state index is 0.0344. The van der Waals surface area contributed by atoms with Gasteiger partial charge in [0.15, 0.2) is 0 Å². The number of fused-ring (bicyclic) bond motifs is 1. The summed E-state index contributed by atoms with van der Waals surface area (Å²) in [5.74, 6) is -1.07. The maximum Gasteiger partial charge on any atom is 0.257 e. The molecule has 2 aromatic carbocycles. The van der Waals surface area contributed by atoms with Gasteiger partial charge in [0.1, 0.15) is 0 Å². The quantitative estimate of drug-likeness (QED) is 0.561. The van der Waals surface area contributed by atoms with E-state index in [4.69, 9.17) is 0 Å². The van der Waals surface area contributed by atoms with Gasteiger partial charge >= 0.3 is 0 Å². The highest BCUT2D eigenvalue weighted by molar-refractivity contribution is 7.89. The number of carbonyl (C=O) groups is 3. The molecule has 0 spiro atoms. The van der Waals surface area contributed by atoms with Crippen molar-refractivity contribution in [1.82, 2.24) is 10.3 Å². The molecule has 1 aliphatic heterocycles.